The highest BCUT2D eigenvalue weighted by atomic mass is 79.9. The van der Waals surface area contributed by atoms with E-state index < -0.39 is 0 Å². The predicted molar refractivity (Wildman–Crippen MR) is 68.6 cm³/mol. The van der Waals surface area contributed by atoms with Crippen molar-refractivity contribution in [1.29, 1.82) is 0 Å². The van der Waals surface area contributed by atoms with Crippen LogP contribution in [-0.2, 0) is 6.54 Å². The molecule has 15 heavy (non-hydrogen) atoms. The highest BCUT2D eigenvalue weighted by molar-refractivity contribution is 9.09. The minimum atomic E-state index is 0.646. The Balaban J connectivity index is 1.90. The lowest BCUT2D eigenvalue weighted by molar-refractivity contribution is 0.194. The van der Waals surface area contributed by atoms with Crippen LogP contribution in [-0.4, -0.2) is 27.8 Å². The van der Waals surface area contributed by atoms with E-state index in [1.807, 2.05) is 0 Å². The molecule has 0 N–H and O–H groups in total. The normalized spacial score (nSPS) is 28.2. The Hall–Kier alpha value is 0.0700. The first-order valence-corrected chi connectivity index (χ1v) is 7.22. The molecule has 2 rings (SSSR count). The summed E-state index contributed by atoms with van der Waals surface area (Å²) in [6.45, 7) is 7.77. The summed E-state index contributed by atoms with van der Waals surface area (Å²) < 4.78 is 0. The molecular weight excluding hydrogens is 272 g/mol. The van der Waals surface area contributed by atoms with Crippen molar-refractivity contribution in [3.05, 3.63) is 16.1 Å². The highest BCUT2D eigenvalue weighted by Crippen LogP contribution is 2.24. The van der Waals surface area contributed by atoms with Crippen LogP contribution >= 0.6 is 27.3 Å². The molecule has 0 amide bonds. The average molecular weight is 289 g/mol. The summed E-state index contributed by atoms with van der Waals surface area (Å²) in [5.41, 5.74) is 1.15. The molecule has 1 saturated heterocycles. The molecule has 0 saturated carbocycles. The minimum Gasteiger partial charge on any atom is -0.296 e. The van der Waals surface area contributed by atoms with Gasteiger partial charge in [0.1, 0.15) is 5.01 Å². The highest BCUT2D eigenvalue weighted by Gasteiger charge is 2.24. The Morgan fingerprint density at radius 1 is 1.67 bits per heavy atom. The minimum absolute atomic E-state index is 0.646. The monoisotopic (exact) mass is 288 g/mol. The van der Waals surface area contributed by atoms with Crippen molar-refractivity contribution in [2.75, 3.05) is 13.1 Å². The number of piperidine rings is 1. The number of hydrogen-bond acceptors (Lipinski definition) is 3. The lowest BCUT2D eigenvalue weighted by Crippen LogP contribution is -2.39. The van der Waals surface area contributed by atoms with Gasteiger partial charge in [-0.3, -0.25) is 4.90 Å². The zero-order chi connectivity index (χ0) is 10.8. The number of halogens is 1. The molecule has 2 unspecified atom stereocenters. The van der Waals surface area contributed by atoms with Gasteiger partial charge in [-0.1, -0.05) is 22.9 Å². The lowest BCUT2D eigenvalue weighted by Gasteiger charge is -2.33. The maximum Gasteiger partial charge on any atom is 0.107 e. The second-order valence-electron chi connectivity index (χ2n) is 4.40. The zero-order valence-electron chi connectivity index (χ0n) is 9.24. The van der Waals surface area contributed by atoms with Gasteiger partial charge in [0.2, 0.25) is 0 Å². The van der Waals surface area contributed by atoms with E-state index in [0.717, 1.165) is 24.7 Å². The largest absolute Gasteiger partial charge is 0.296 e. The van der Waals surface area contributed by atoms with Crippen LogP contribution in [0.15, 0.2) is 5.38 Å². The third kappa shape index (κ3) is 3.02. The average Bonchev–Trinajstić information content (AvgIpc) is 2.58. The molecule has 0 bridgehead atoms. The number of aromatic nitrogens is 1. The zero-order valence-corrected chi connectivity index (χ0v) is 11.6. The van der Waals surface area contributed by atoms with Gasteiger partial charge in [0.15, 0.2) is 0 Å². The predicted octanol–water partition coefficient (Wildman–Crippen LogP) is 3.06. The summed E-state index contributed by atoms with van der Waals surface area (Å²) >= 11 is 5.53. The third-order valence-electron chi connectivity index (χ3n) is 2.98. The van der Waals surface area contributed by atoms with Crippen molar-refractivity contribution in [3.8, 4) is 0 Å². The van der Waals surface area contributed by atoms with E-state index in [1.54, 1.807) is 11.3 Å². The van der Waals surface area contributed by atoms with E-state index in [9.17, 15) is 0 Å². The Labute approximate surface area is 104 Å². The number of thiazole rings is 1. The van der Waals surface area contributed by atoms with E-state index >= 15 is 0 Å². The van der Waals surface area contributed by atoms with Crippen molar-refractivity contribution in [2.24, 2.45) is 5.92 Å². The van der Waals surface area contributed by atoms with Gasteiger partial charge >= 0.3 is 0 Å². The molecule has 2 heterocycles. The first-order valence-electron chi connectivity index (χ1n) is 5.42. The summed E-state index contributed by atoms with van der Waals surface area (Å²) in [6, 6.07) is 0. The molecular formula is C11H17BrN2S. The first-order chi connectivity index (χ1) is 7.15. The van der Waals surface area contributed by atoms with Crippen LogP contribution in [0.4, 0.5) is 0 Å². The topological polar surface area (TPSA) is 16.1 Å². The molecule has 2 nitrogen and oxygen atoms in total. The van der Waals surface area contributed by atoms with E-state index in [-0.39, 0.29) is 0 Å². The van der Waals surface area contributed by atoms with Crippen LogP contribution in [0.3, 0.4) is 0 Å². The summed E-state index contributed by atoms with van der Waals surface area (Å²) in [5.74, 6) is 0.805. The molecule has 0 aliphatic carbocycles. The Morgan fingerprint density at radius 2 is 2.47 bits per heavy atom. The van der Waals surface area contributed by atoms with Crippen LogP contribution in [0.25, 0.3) is 0 Å². The Morgan fingerprint density at radius 3 is 3.07 bits per heavy atom. The maximum absolute atomic E-state index is 4.51. The molecule has 2 atom stereocenters. The van der Waals surface area contributed by atoms with Crippen LogP contribution < -0.4 is 0 Å². The van der Waals surface area contributed by atoms with Gasteiger partial charge in [-0.2, -0.15) is 0 Å². The van der Waals surface area contributed by atoms with Gasteiger partial charge in [-0.05, 0) is 25.8 Å². The second kappa shape index (κ2) is 4.93. The van der Waals surface area contributed by atoms with Crippen LogP contribution in [0, 0.1) is 12.8 Å². The smallest absolute Gasteiger partial charge is 0.107 e. The molecule has 1 aromatic heterocycles. The SMILES string of the molecule is Cc1csc(CN2CCC(C)C(Br)C2)n1. The van der Waals surface area contributed by atoms with Crippen molar-refractivity contribution >= 4 is 27.3 Å². The summed E-state index contributed by atoms with van der Waals surface area (Å²) in [6.07, 6.45) is 1.29. The third-order valence-corrected chi connectivity index (χ3v) is 5.12. The molecule has 0 radical (unpaired) electrons. The van der Waals surface area contributed by atoms with Crippen molar-refractivity contribution in [2.45, 2.75) is 31.6 Å². The van der Waals surface area contributed by atoms with Gasteiger partial charge in [0.25, 0.3) is 0 Å². The van der Waals surface area contributed by atoms with Crippen molar-refractivity contribution in [3.63, 3.8) is 0 Å². The van der Waals surface area contributed by atoms with Gasteiger partial charge in [0.05, 0.1) is 6.54 Å². The van der Waals surface area contributed by atoms with Gasteiger partial charge in [-0.15, -0.1) is 11.3 Å². The maximum atomic E-state index is 4.51. The van der Waals surface area contributed by atoms with Crippen LogP contribution in [0.2, 0.25) is 0 Å². The van der Waals surface area contributed by atoms with E-state index in [0.29, 0.717) is 4.83 Å². The lowest BCUT2D eigenvalue weighted by atomic mass is 9.99. The Kier molecular flexibility index (Phi) is 3.80. The molecule has 0 aromatic carbocycles. The number of aryl methyl sites for hydroxylation is 1. The summed E-state index contributed by atoms with van der Waals surface area (Å²) in [4.78, 5) is 7.65. The van der Waals surface area contributed by atoms with Gasteiger partial charge < -0.3 is 0 Å². The van der Waals surface area contributed by atoms with Gasteiger partial charge in [-0.25, -0.2) is 4.98 Å². The number of nitrogens with zero attached hydrogens (tertiary/aromatic N) is 2. The molecule has 0 spiro atoms. The molecule has 1 aliphatic rings. The van der Waals surface area contributed by atoms with E-state index in [2.05, 4.69) is 45.0 Å². The molecule has 1 fully saturated rings. The molecule has 4 heteroatoms. The number of alkyl halides is 1. The van der Waals surface area contributed by atoms with E-state index in [1.165, 1.54) is 18.0 Å². The number of likely N-dealkylation sites (tertiary alicyclic amines) is 1. The summed E-state index contributed by atoms with van der Waals surface area (Å²) in [7, 11) is 0. The molecule has 1 aromatic rings. The fraction of sp³-hybridized carbons (Fsp3) is 0.727. The van der Waals surface area contributed by atoms with Crippen LogP contribution in [0.1, 0.15) is 24.0 Å². The number of rotatable bonds is 2. The second-order valence-corrected chi connectivity index (χ2v) is 6.52. The first kappa shape index (κ1) is 11.6. The van der Waals surface area contributed by atoms with E-state index in [4.69, 9.17) is 0 Å². The van der Waals surface area contributed by atoms with Gasteiger partial charge in [0, 0.05) is 22.4 Å². The van der Waals surface area contributed by atoms with Crippen LogP contribution in [0.5, 0.6) is 0 Å². The Bertz CT molecular complexity index is 326. The number of hydrogen-bond donors (Lipinski definition) is 0. The fourth-order valence-corrected chi connectivity index (χ4v) is 3.38. The summed E-state index contributed by atoms with van der Waals surface area (Å²) in [5, 5.41) is 3.38. The molecule has 84 valence electrons. The quantitative estimate of drug-likeness (QED) is 0.778. The molecule has 1 aliphatic heterocycles. The standard InChI is InChI=1S/C11H17BrN2S/c1-8-3-4-14(5-10(8)12)6-11-13-9(2)7-15-11/h7-8,10H,3-6H2,1-2H3. The van der Waals surface area contributed by atoms with Crippen molar-refractivity contribution < 1.29 is 0 Å². The van der Waals surface area contributed by atoms with Crippen molar-refractivity contribution in [1.82, 2.24) is 9.88 Å². The fourth-order valence-electron chi connectivity index (χ4n) is 1.90.